The van der Waals surface area contributed by atoms with Crippen molar-refractivity contribution in [3.63, 3.8) is 0 Å². The Hall–Kier alpha value is -1.30. The van der Waals surface area contributed by atoms with Crippen molar-refractivity contribution in [1.82, 2.24) is 0 Å². The van der Waals surface area contributed by atoms with Gasteiger partial charge in [-0.2, -0.15) is 0 Å². The topological polar surface area (TPSA) is 61.6 Å². The lowest BCUT2D eigenvalue weighted by Gasteiger charge is -2.11. The van der Waals surface area contributed by atoms with Crippen LogP contribution in [0.2, 0.25) is 0 Å². The minimum Gasteiger partial charge on any atom is -0.493 e. The van der Waals surface area contributed by atoms with E-state index in [1.807, 2.05) is 0 Å². The molecule has 0 amide bonds. The van der Waals surface area contributed by atoms with Crippen LogP contribution in [0.25, 0.3) is 0 Å². The third kappa shape index (κ3) is 3.09. The number of nitro groups is 1. The Morgan fingerprint density at radius 2 is 2.13 bits per heavy atom. The summed E-state index contributed by atoms with van der Waals surface area (Å²) in [5.41, 5.74) is -0.0287. The smallest absolute Gasteiger partial charge is 0.273 e. The maximum Gasteiger partial charge on any atom is 0.273 e. The van der Waals surface area contributed by atoms with E-state index in [4.69, 9.17) is 9.47 Å². The molecule has 1 atom stereocenters. The quantitative estimate of drug-likeness (QED) is 0.482. The number of hydrogen-bond acceptors (Lipinski definition) is 4. The summed E-state index contributed by atoms with van der Waals surface area (Å²) < 4.78 is 10.3. The third-order valence-electron chi connectivity index (χ3n) is 1.65. The molecule has 0 fully saturated rings. The van der Waals surface area contributed by atoms with Gasteiger partial charge < -0.3 is 9.47 Å². The monoisotopic (exact) mass is 275 g/mol. The van der Waals surface area contributed by atoms with Gasteiger partial charge >= 0.3 is 0 Å². The van der Waals surface area contributed by atoms with Crippen LogP contribution < -0.4 is 9.47 Å². The fourth-order valence-electron chi connectivity index (χ4n) is 1.05. The Kier molecular flexibility index (Phi) is 3.90. The number of ether oxygens (including phenoxy) is 2. The first-order chi connectivity index (χ1) is 7.04. The van der Waals surface area contributed by atoms with Crippen LogP contribution in [-0.4, -0.2) is 17.0 Å². The van der Waals surface area contributed by atoms with E-state index in [9.17, 15) is 10.1 Å². The highest BCUT2D eigenvalue weighted by atomic mass is 79.9. The van der Waals surface area contributed by atoms with Crippen LogP contribution >= 0.6 is 15.9 Å². The SMILES string of the molecule is COc1ccc([N+](=O)[O-])cc1OC(C)Br. The highest BCUT2D eigenvalue weighted by Gasteiger charge is 2.13. The van der Waals surface area contributed by atoms with E-state index in [1.165, 1.54) is 25.3 Å². The van der Waals surface area contributed by atoms with E-state index >= 15 is 0 Å². The van der Waals surface area contributed by atoms with Crippen molar-refractivity contribution in [2.75, 3.05) is 7.11 Å². The van der Waals surface area contributed by atoms with E-state index in [0.29, 0.717) is 11.5 Å². The average molecular weight is 276 g/mol. The molecule has 0 saturated heterocycles. The molecule has 0 radical (unpaired) electrons. The first-order valence-corrected chi connectivity index (χ1v) is 5.09. The minimum absolute atomic E-state index is 0.0287. The number of benzene rings is 1. The van der Waals surface area contributed by atoms with Crippen LogP contribution in [0.3, 0.4) is 0 Å². The molecule has 6 heteroatoms. The van der Waals surface area contributed by atoms with Crippen molar-refractivity contribution >= 4 is 21.6 Å². The minimum atomic E-state index is -0.481. The fourth-order valence-corrected chi connectivity index (χ4v) is 1.25. The van der Waals surface area contributed by atoms with Gasteiger partial charge in [-0.3, -0.25) is 10.1 Å². The van der Waals surface area contributed by atoms with Crippen molar-refractivity contribution in [2.24, 2.45) is 0 Å². The number of rotatable bonds is 4. The Balaban J connectivity index is 3.07. The zero-order valence-corrected chi connectivity index (χ0v) is 9.85. The predicted octanol–water partition coefficient (Wildman–Crippen LogP) is 2.72. The Morgan fingerprint density at radius 3 is 2.60 bits per heavy atom. The lowest BCUT2D eigenvalue weighted by molar-refractivity contribution is -0.385. The first-order valence-electron chi connectivity index (χ1n) is 4.17. The molecule has 0 N–H and O–H groups in total. The lowest BCUT2D eigenvalue weighted by atomic mass is 10.3. The van der Waals surface area contributed by atoms with Gasteiger partial charge in [0.1, 0.15) is 0 Å². The Bertz CT molecular complexity index is 367. The molecule has 1 aromatic carbocycles. The van der Waals surface area contributed by atoms with E-state index in [1.54, 1.807) is 6.92 Å². The molecule has 1 aromatic rings. The summed E-state index contributed by atoms with van der Waals surface area (Å²) in [5, 5.41) is 10.3. The molecule has 1 unspecified atom stereocenters. The number of nitro benzene ring substituents is 1. The highest BCUT2D eigenvalue weighted by Crippen LogP contribution is 2.32. The second kappa shape index (κ2) is 4.97. The molecule has 1 rings (SSSR count). The Labute approximate surface area is 95.3 Å². The summed E-state index contributed by atoms with van der Waals surface area (Å²) in [6.07, 6.45) is 0. The van der Waals surface area contributed by atoms with Gasteiger partial charge in [0.15, 0.2) is 16.5 Å². The van der Waals surface area contributed by atoms with Gasteiger partial charge in [-0.1, -0.05) is 0 Å². The average Bonchev–Trinajstić information content (AvgIpc) is 2.16. The zero-order chi connectivity index (χ0) is 11.4. The van der Waals surface area contributed by atoms with Crippen LogP contribution in [0.4, 0.5) is 5.69 Å². The number of hydrogen-bond donors (Lipinski definition) is 0. The predicted molar refractivity (Wildman–Crippen MR) is 58.7 cm³/mol. The van der Waals surface area contributed by atoms with Gasteiger partial charge in [-0.15, -0.1) is 0 Å². The summed E-state index contributed by atoms with van der Waals surface area (Å²) >= 11 is 3.19. The van der Waals surface area contributed by atoms with Gasteiger partial charge in [0, 0.05) is 6.07 Å². The normalized spacial score (nSPS) is 11.9. The lowest BCUT2D eigenvalue weighted by Crippen LogP contribution is -2.03. The third-order valence-corrected chi connectivity index (χ3v) is 1.83. The number of alkyl halides is 1. The molecular weight excluding hydrogens is 266 g/mol. The molecule has 0 aliphatic carbocycles. The molecule has 0 heterocycles. The zero-order valence-electron chi connectivity index (χ0n) is 8.27. The van der Waals surface area contributed by atoms with Gasteiger partial charge in [0.2, 0.25) is 0 Å². The summed E-state index contributed by atoms with van der Waals surface area (Å²) in [6.45, 7) is 1.76. The van der Waals surface area contributed by atoms with Gasteiger partial charge in [-0.25, -0.2) is 0 Å². The van der Waals surface area contributed by atoms with Crippen LogP contribution in [0.15, 0.2) is 18.2 Å². The fraction of sp³-hybridized carbons (Fsp3) is 0.333. The maximum atomic E-state index is 10.5. The maximum absolute atomic E-state index is 10.5. The van der Waals surface area contributed by atoms with E-state index in [-0.39, 0.29) is 10.7 Å². The number of nitrogens with zero attached hydrogens (tertiary/aromatic N) is 1. The number of methoxy groups -OCH3 is 1. The molecule has 0 bridgehead atoms. The number of halogens is 1. The molecule has 0 spiro atoms. The number of non-ortho nitro benzene ring substituents is 1. The van der Waals surface area contributed by atoms with Gasteiger partial charge in [0.25, 0.3) is 5.69 Å². The van der Waals surface area contributed by atoms with E-state index < -0.39 is 4.92 Å². The van der Waals surface area contributed by atoms with Crippen LogP contribution in [0.1, 0.15) is 6.92 Å². The largest absolute Gasteiger partial charge is 0.493 e. The molecule has 0 aliphatic rings. The van der Waals surface area contributed by atoms with Gasteiger partial charge in [-0.05, 0) is 28.9 Å². The highest BCUT2D eigenvalue weighted by molar-refractivity contribution is 9.09. The van der Waals surface area contributed by atoms with Crippen LogP contribution in [0, 0.1) is 10.1 Å². The molecule has 15 heavy (non-hydrogen) atoms. The van der Waals surface area contributed by atoms with Crippen molar-refractivity contribution in [2.45, 2.75) is 11.9 Å². The van der Waals surface area contributed by atoms with Crippen molar-refractivity contribution < 1.29 is 14.4 Å². The second-order valence-electron chi connectivity index (χ2n) is 2.75. The summed E-state index contributed by atoms with van der Waals surface area (Å²) in [5.74, 6) is 0.808. The Morgan fingerprint density at radius 1 is 1.47 bits per heavy atom. The van der Waals surface area contributed by atoms with Crippen LogP contribution in [-0.2, 0) is 0 Å². The van der Waals surface area contributed by atoms with Crippen molar-refractivity contribution in [3.05, 3.63) is 28.3 Å². The molecule has 0 saturated carbocycles. The molecule has 0 aliphatic heterocycles. The summed E-state index contributed by atoms with van der Waals surface area (Å²) in [4.78, 5) is 10.1. The van der Waals surface area contributed by atoms with Crippen molar-refractivity contribution in [3.8, 4) is 11.5 Å². The van der Waals surface area contributed by atoms with Crippen LogP contribution in [0.5, 0.6) is 11.5 Å². The molecule has 0 aromatic heterocycles. The summed E-state index contributed by atoms with van der Waals surface area (Å²) in [7, 11) is 1.48. The van der Waals surface area contributed by atoms with E-state index in [0.717, 1.165) is 0 Å². The first kappa shape index (κ1) is 11.8. The van der Waals surface area contributed by atoms with E-state index in [2.05, 4.69) is 15.9 Å². The van der Waals surface area contributed by atoms with Gasteiger partial charge in [0.05, 0.1) is 18.1 Å². The molecule has 5 nitrogen and oxygen atoms in total. The van der Waals surface area contributed by atoms with Crippen molar-refractivity contribution in [1.29, 1.82) is 0 Å². The summed E-state index contributed by atoms with van der Waals surface area (Å²) in [6, 6.07) is 4.20. The second-order valence-corrected chi connectivity index (χ2v) is 4.04. The standard InChI is InChI=1S/C9H10BrNO4/c1-6(10)15-9-5-7(11(12)13)3-4-8(9)14-2/h3-6H,1-2H3. The molecule has 82 valence electrons. The molecular formula is C9H10BrNO4.